The van der Waals surface area contributed by atoms with Crippen LogP contribution in [0.4, 0.5) is 4.39 Å². The molecule has 0 saturated carbocycles. The van der Waals surface area contributed by atoms with E-state index in [0.29, 0.717) is 11.5 Å². The molecule has 2 heterocycles. The number of ether oxygens (including phenoxy) is 1. The number of amides is 1. The Balaban J connectivity index is 1.37. The number of hydrogen-bond acceptors (Lipinski definition) is 7. The van der Waals surface area contributed by atoms with Crippen molar-refractivity contribution in [2.24, 2.45) is 0 Å². The Labute approximate surface area is 159 Å². The molecule has 9 heteroatoms. The largest absolute Gasteiger partial charge is 0.456 e. The number of rotatable bonds is 8. The molecule has 1 N–H and O–H groups in total. The van der Waals surface area contributed by atoms with Crippen molar-refractivity contribution in [1.82, 2.24) is 20.4 Å². The topological polar surface area (TPSA) is 107 Å². The maximum atomic E-state index is 12.8. The monoisotopic (exact) mass is 384 g/mol. The van der Waals surface area contributed by atoms with Gasteiger partial charge in [-0.2, -0.15) is 4.98 Å². The van der Waals surface area contributed by atoms with Gasteiger partial charge in [-0.1, -0.05) is 23.4 Å². The SMILES string of the molecule is O=C(COC(=O)CCc1nc(-c2ccccn2)no1)NCc1ccc(F)cc1. The Morgan fingerprint density at radius 2 is 1.96 bits per heavy atom. The fourth-order valence-corrected chi connectivity index (χ4v) is 2.24. The first-order valence-corrected chi connectivity index (χ1v) is 8.51. The molecule has 0 aliphatic heterocycles. The van der Waals surface area contributed by atoms with Gasteiger partial charge in [0, 0.05) is 19.2 Å². The number of carbonyl (C=O) groups excluding carboxylic acids is 2. The van der Waals surface area contributed by atoms with Gasteiger partial charge in [-0.15, -0.1) is 0 Å². The highest BCUT2D eigenvalue weighted by Gasteiger charge is 2.13. The second kappa shape index (κ2) is 9.36. The minimum atomic E-state index is -0.561. The number of carbonyl (C=O) groups is 2. The fraction of sp³-hybridized carbons (Fsp3) is 0.211. The third kappa shape index (κ3) is 5.70. The van der Waals surface area contributed by atoms with Gasteiger partial charge >= 0.3 is 5.97 Å². The zero-order valence-electron chi connectivity index (χ0n) is 14.8. The molecule has 144 valence electrons. The van der Waals surface area contributed by atoms with Gasteiger partial charge in [0.25, 0.3) is 5.91 Å². The van der Waals surface area contributed by atoms with Gasteiger partial charge in [-0.05, 0) is 29.8 Å². The van der Waals surface area contributed by atoms with Crippen molar-refractivity contribution in [3.05, 3.63) is 65.9 Å². The van der Waals surface area contributed by atoms with Crippen molar-refractivity contribution < 1.29 is 23.2 Å². The minimum Gasteiger partial charge on any atom is -0.456 e. The summed E-state index contributed by atoms with van der Waals surface area (Å²) in [6.07, 6.45) is 1.80. The summed E-state index contributed by atoms with van der Waals surface area (Å²) < 4.78 is 22.8. The van der Waals surface area contributed by atoms with E-state index in [1.807, 2.05) is 0 Å². The molecule has 0 aliphatic carbocycles. The summed E-state index contributed by atoms with van der Waals surface area (Å²) in [5.41, 5.74) is 1.30. The van der Waals surface area contributed by atoms with Gasteiger partial charge in [0.1, 0.15) is 11.5 Å². The van der Waals surface area contributed by atoms with Gasteiger partial charge in [-0.25, -0.2) is 4.39 Å². The molecule has 0 radical (unpaired) electrons. The minimum absolute atomic E-state index is 0.00487. The number of nitrogens with zero attached hydrogens (tertiary/aromatic N) is 3. The molecule has 0 spiro atoms. The number of aromatic nitrogens is 3. The Morgan fingerprint density at radius 3 is 2.71 bits per heavy atom. The lowest BCUT2D eigenvalue weighted by Crippen LogP contribution is -2.28. The predicted octanol–water partition coefficient (Wildman–Crippen LogP) is 2.06. The third-order valence-corrected chi connectivity index (χ3v) is 3.67. The smallest absolute Gasteiger partial charge is 0.306 e. The van der Waals surface area contributed by atoms with Crippen LogP contribution < -0.4 is 5.32 Å². The molecule has 0 bridgehead atoms. The van der Waals surface area contributed by atoms with Crippen molar-refractivity contribution in [1.29, 1.82) is 0 Å². The molecule has 0 saturated heterocycles. The van der Waals surface area contributed by atoms with E-state index >= 15 is 0 Å². The van der Waals surface area contributed by atoms with Gasteiger partial charge in [-0.3, -0.25) is 14.6 Å². The van der Waals surface area contributed by atoms with Crippen LogP contribution in [0.25, 0.3) is 11.5 Å². The zero-order chi connectivity index (χ0) is 19.8. The summed E-state index contributed by atoms with van der Waals surface area (Å²) >= 11 is 0. The summed E-state index contributed by atoms with van der Waals surface area (Å²) in [5.74, 6) is -0.748. The summed E-state index contributed by atoms with van der Waals surface area (Å²) in [5, 5.41) is 6.39. The van der Waals surface area contributed by atoms with Crippen LogP contribution in [0.2, 0.25) is 0 Å². The average molecular weight is 384 g/mol. The van der Waals surface area contributed by atoms with Crippen LogP contribution in [-0.2, 0) is 27.3 Å². The van der Waals surface area contributed by atoms with Crippen LogP contribution >= 0.6 is 0 Å². The molecule has 3 rings (SSSR count). The first kappa shape index (κ1) is 19.2. The molecule has 2 aromatic heterocycles. The summed E-state index contributed by atoms with van der Waals surface area (Å²) in [6.45, 7) is -0.183. The van der Waals surface area contributed by atoms with Crippen molar-refractivity contribution in [2.45, 2.75) is 19.4 Å². The van der Waals surface area contributed by atoms with E-state index in [4.69, 9.17) is 9.26 Å². The fourth-order valence-electron chi connectivity index (χ4n) is 2.24. The van der Waals surface area contributed by atoms with Crippen LogP contribution in [0.15, 0.2) is 53.2 Å². The molecule has 3 aromatic rings. The Hall–Kier alpha value is -3.62. The molecule has 28 heavy (non-hydrogen) atoms. The Morgan fingerprint density at radius 1 is 1.14 bits per heavy atom. The van der Waals surface area contributed by atoms with Crippen LogP contribution in [-0.4, -0.2) is 33.6 Å². The first-order chi connectivity index (χ1) is 13.6. The second-order valence-electron chi connectivity index (χ2n) is 5.79. The number of benzene rings is 1. The highest BCUT2D eigenvalue weighted by atomic mass is 19.1. The highest BCUT2D eigenvalue weighted by molar-refractivity contribution is 5.80. The number of halogens is 1. The number of hydrogen-bond donors (Lipinski definition) is 1. The van der Waals surface area contributed by atoms with E-state index in [-0.39, 0.29) is 31.1 Å². The molecular weight excluding hydrogens is 367 g/mol. The van der Waals surface area contributed by atoms with E-state index in [1.54, 1.807) is 36.5 Å². The lowest BCUT2D eigenvalue weighted by atomic mass is 10.2. The lowest BCUT2D eigenvalue weighted by molar-refractivity contribution is -0.148. The normalized spacial score (nSPS) is 10.5. The summed E-state index contributed by atoms with van der Waals surface area (Å²) in [6, 6.07) is 11.0. The Bertz CT molecular complexity index is 929. The third-order valence-electron chi connectivity index (χ3n) is 3.67. The van der Waals surface area contributed by atoms with E-state index in [1.165, 1.54) is 12.1 Å². The number of aryl methyl sites for hydroxylation is 1. The van der Waals surface area contributed by atoms with E-state index in [0.717, 1.165) is 5.56 Å². The highest BCUT2D eigenvalue weighted by Crippen LogP contribution is 2.12. The van der Waals surface area contributed by atoms with Crippen LogP contribution in [0.5, 0.6) is 0 Å². The van der Waals surface area contributed by atoms with Crippen molar-refractivity contribution in [2.75, 3.05) is 6.61 Å². The molecule has 1 amide bonds. The van der Waals surface area contributed by atoms with Crippen molar-refractivity contribution >= 4 is 11.9 Å². The molecule has 8 nitrogen and oxygen atoms in total. The van der Waals surface area contributed by atoms with Gasteiger partial charge in [0.05, 0.1) is 6.42 Å². The maximum Gasteiger partial charge on any atom is 0.306 e. The number of pyridine rings is 1. The Kier molecular flexibility index (Phi) is 6.40. The number of esters is 1. The van der Waals surface area contributed by atoms with Gasteiger partial charge in [0.15, 0.2) is 6.61 Å². The van der Waals surface area contributed by atoms with E-state index in [2.05, 4.69) is 20.4 Å². The summed E-state index contributed by atoms with van der Waals surface area (Å²) in [7, 11) is 0. The van der Waals surface area contributed by atoms with Crippen LogP contribution in [0.3, 0.4) is 0 Å². The first-order valence-electron chi connectivity index (χ1n) is 8.51. The second-order valence-corrected chi connectivity index (χ2v) is 5.79. The van der Waals surface area contributed by atoms with Crippen molar-refractivity contribution in [3.8, 4) is 11.5 Å². The molecule has 0 fully saturated rings. The van der Waals surface area contributed by atoms with E-state index in [9.17, 15) is 14.0 Å². The van der Waals surface area contributed by atoms with Crippen molar-refractivity contribution in [3.63, 3.8) is 0 Å². The zero-order valence-corrected chi connectivity index (χ0v) is 14.8. The predicted molar refractivity (Wildman–Crippen MR) is 95.1 cm³/mol. The lowest BCUT2D eigenvalue weighted by Gasteiger charge is -2.06. The molecule has 0 atom stereocenters. The standard InChI is InChI=1S/C19H17FN4O4/c20-14-6-4-13(5-7-14)11-22-16(25)12-27-18(26)9-8-17-23-19(24-28-17)15-3-1-2-10-21-15/h1-7,10H,8-9,11-12H2,(H,22,25). The van der Waals surface area contributed by atoms with E-state index < -0.39 is 18.5 Å². The molecular formula is C19H17FN4O4. The maximum absolute atomic E-state index is 12.8. The number of nitrogens with one attached hydrogen (secondary N) is 1. The molecule has 1 aromatic carbocycles. The van der Waals surface area contributed by atoms with Gasteiger partial charge < -0.3 is 14.6 Å². The quantitative estimate of drug-likeness (QED) is 0.592. The van der Waals surface area contributed by atoms with Crippen LogP contribution in [0, 0.1) is 5.82 Å². The van der Waals surface area contributed by atoms with Crippen LogP contribution in [0.1, 0.15) is 17.9 Å². The average Bonchev–Trinajstić information content (AvgIpc) is 3.20. The molecule has 0 aliphatic rings. The summed E-state index contributed by atoms with van der Waals surface area (Å²) in [4.78, 5) is 31.7. The van der Waals surface area contributed by atoms with Gasteiger partial charge in [0.2, 0.25) is 11.7 Å². The molecule has 0 unspecified atom stereocenters.